The molecule has 0 unspecified atom stereocenters. The van der Waals surface area contributed by atoms with E-state index in [9.17, 15) is 0 Å². The van der Waals surface area contributed by atoms with Crippen molar-refractivity contribution in [3.8, 4) is 22.0 Å². The van der Waals surface area contributed by atoms with Gasteiger partial charge in [0.15, 0.2) is 10.8 Å². The first-order valence-electron chi connectivity index (χ1n) is 7.19. The zero-order chi connectivity index (χ0) is 16.3. The van der Waals surface area contributed by atoms with Crippen molar-refractivity contribution in [2.45, 2.75) is 20.8 Å². The molecule has 0 aliphatic rings. The molecule has 0 saturated carbocycles. The maximum atomic E-state index is 4.72. The summed E-state index contributed by atoms with van der Waals surface area (Å²) < 4.78 is 5.48. The second-order valence-corrected chi connectivity index (χ2v) is 6.52. The highest BCUT2D eigenvalue weighted by molar-refractivity contribution is 7.19. The van der Waals surface area contributed by atoms with E-state index >= 15 is 0 Å². The zero-order valence-electron chi connectivity index (χ0n) is 13.6. The van der Waals surface area contributed by atoms with Crippen LogP contribution in [-0.4, -0.2) is 39.4 Å². The maximum Gasteiger partial charge on any atom is 0.235 e. The van der Waals surface area contributed by atoms with Gasteiger partial charge in [0.05, 0.1) is 23.0 Å². The van der Waals surface area contributed by atoms with Gasteiger partial charge in [0.25, 0.3) is 0 Å². The lowest BCUT2D eigenvalue weighted by Gasteiger charge is -1.97. The second kappa shape index (κ2) is 4.72. The van der Waals surface area contributed by atoms with Crippen molar-refractivity contribution in [2.75, 3.05) is 0 Å². The minimum atomic E-state index is 0.715. The molecule has 0 radical (unpaired) electrons. The van der Waals surface area contributed by atoms with Gasteiger partial charge < -0.3 is 0 Å². The SMILES string of the molecule is Cc1nn(C)c(C)c1-c1nn2c(-c3cnn(C)c3C)nnc2s1. The number of rotatable bonds is 2. The number of aromatic nitrogens is 8. The van der Waals surface area contributed by atoms with Crippen molar-refractivity contribution in [1.82, 2.24) is 39.4 Å². The van der Waals surface area contributed by atoms with Gasteiger partial charge in [-0.3, -0.25) is 9.36 Å². The molecule has 118 valence electrons. The van der Waals surface area contributed by atoms with Gasteiger partial charge in [0.2, 0.25) is 4.96 Å². The molecular formula is C14H16N8S. The monoisotopic (exact) mass is 328 g/mol. The summed E-state index contributed by atoms with van der Waals surface area (Å²) >= 11 is 1.52. The average Bonchev–Trinajstić information content (AvgIpc) is 3.20. The highest BCUT2D eigenvalue weighted by Gasteiger charge is 2.21. The van der Waals surface area contributed by atoms with Crippen molar-refractivity contribution in [3.63, 3.8) is 0 Å². The number of aryl methyl sites for hydroxylation is 3. The van der Waals surface area contributed by atoms with Crippen LogP contribution in [0, 0.1) is 20.8 Å². The molecule has 4 aromatic rings. The molecule has 9 heteroatoms. The Bertz CT molecular complexity index is 1030. The van der Waals surface area contributed by atoms with E-state index in [2.05, 4.69) is 20.4 Å². The fraction of sp³-hybridized carbons (Fsp3) is 0.357. The van der Waals surface area contributed by atoms with Gasteiger partial charge in [-0.1, -0.05) is 11.3 Å². The lowest BCUT2D eigenvalue weighted by atomic mass is 10.2. The van der Waals surface area contributed by atoms with Gasteiger partial charge in [0.1, 0.15) is 0 Å². The molecule has 0 fully saturated rings. The predicted molar refractivity (Wildman–Crippen MR) is 87.3 cm³/mol. The Morgan fingerprint density at radius 3 is 2.35 bits per heavy atom. The molecule has 0 amide bonds. The maximum absolute atomic E-state index is 4.72. The summed E-state index contributed by atoms with van der Waals surface area (Å²) in [6.07, 6.45) is 1.80. The molecule has 8 nitrogen and oxygen atoms in total. The largest absolute Gasteiger partial charge is 0.272 e. The first-order chi connectivity index (χ1) is 11.0. The first kappa shape index (κ1) is 14.1. The van der Waals surface area contributed by atoms with Crippen LogP contribution in [0.2, 0.25) is 0 Å². The normalized spacial score (nSPS) is 11.7. The third kappa shape index (κ3) is 1.93. The van der Waals surface area contributed by atoms with Gasteiger partial charge in [-0.2, -0.15) is 19.8 Å². The van der Waals surface area contributed by atoms with Gasteiger partial charge >= 0.3 is 0 Å². The molecule has 0 aliphatic carbocycles. The fourth-order valence-electron chi connectivity index (χ4n) is 2.69. The van der Waals surface area contributed by atoms with Crippen LogP contribution < -0.4 is 0 Å². The average molecular weight is 328 g/mol. The van der Waals surface area contributed by atoms with Gasteiger partial charge in [-0.25, -0.2) is 0 Å². The van der Waals surface area contributed by atoms with E-state index in [-0.39, 0.29) is 0 Å². The highest BCUT2D eigenvalue weighted by atomic mass is 32.1. The second-order valence-electron chi connectivity index (χ2n) is 5.56. The number of fused-ring (bicyclic) bond motifs is 1. The van der Waals surface area contributed by atoms with Crippen molar-refractivity contribution in [1.29, 1.82) is 0 Å². The van der Waals surface area contributed by atoms with Crippen molar-refractivity contribution in [2.24, 2.45) is 14.1 Å². The van der Waals surface area contributed by atoms with Crippen LogP contribution in [0.25, 0.3) is 26.9 Å². The molecule has 4 heterocycles. The van der Waals surface area contributed by atoms with Gasteiger partial charge in [-0.15, -0.1) is 10.2 Å². The Morgan fingerprint density at radius 1 is 0.957 bits per heavy atom. The third-order valence-corrected chi connectivity index (χ3v) is 5.11. The van der Waals surface area contributed by atoms with E-state index in [1.54, 1.807) is 10.7 Å². The number of hydrogen-bond donors (Lipinski definition) is 0. The van der Waals surface area contributed by atoms with E-state index < -0.39 is 0 Å². The molecule has 0 spiro atoms. The summed E-state index contributed by atoms with van der Waals surface area (Å²) in [5.41, 5.74) is 5.09. The summed E-state index contributed by atoms with van der Waals surface area (Å²) in [6.45, 7) is 6.05. The van der Waals surface area contributed by atoms with Crippen LogP contribution in [0.4, 0.5) is 0 Å². The van der Waals surface area contributed by atoms with Gasteiger partial charge in [0, 0.05) is 25.5 Å². The summed E-state index contributed by atoms with van der Waals surface area (Å²) in [5, 5.41) is 22.9. The molecule has 0 bridgehead atoms. The van der Waals surface area contributed by atoms with Crippen molar-refractivity contribution in [3.05, 3.63) is 23.3 Å². The Labute approximate surface area is 136 Å². The Morgan fingerprint density at radius 2 is 1.74 bits per heavy atom. The lowest BCUT2D eigenvalue weighted by molar-refractivity contribution is 0.731. The molecule has 4 rings (SSSR count). The highest BCUT2D eigenvalue weighted by Crippen LogP contribution is 2.32. The summed E-state index contributed by atoms with van der Waals surface area (Å²) in [5.74, 6) is 0.715. The van der Waals surface area contributed by atoms with E-state index in [0.717, 1.165) is 38.2 Å². The molecule has 4 aromatic heterocycles. The minimum absolute atomic E-state index is 0.715. The van der Waals surface area contributed by atoms with Gasteiger partial charge in [-0.05, 0) is 20.8 Å². The molecule has 0 saturated heterocycles. The van der Waals surface area contributed by atoms with Crippen LogP contribution in [-0.2, 0) is 14.1 Å². The smallest absolute Gasteiger partial charge is 0.235 e. The van der Waals surface area contributed by atoms with Crippen LogP contribution in [0.15, 0.2) is 6.20 Å². The molecule has 0 aliphatic heterocycles. The Hall–Kier alpha value is -2.55. The van der Waals surface area contributed by atoms with Crippen molar-refractivity contribution < 1.29 is 0 Å². The minimum Gasteiger partial charge on any atom is -0.272 e. The Kier molecular flexibility index (Phi) is 2.89. The topological polar surface area (TPSA) is 78.7 Å². The quantitative estimate of drug-likeness (QED) is 0.562. The Balaban J connectivity index is 1.92. The molecule has 0 N–H and O–H groups in total. The molecular weight excluding hydrogens is 312 g/mol. The standard InChI is InChI=1S/C14H16N8S/c1-7-11(9(3)21(5)18-7)13-19-22-12(16-17-14(22)23-13)10-6-15-20(4)8(10)2/h6H,1-5H3. The summed E-state index contributed by atoms with van der Waals surface area (Å²) in [4.78, 5) is 0.765. The van der Waals surface area contributed by atoms with Crippen LogP contribution in [0.3, 0.4) is 0 Å². The first-order valence-corrected chi connectivity index (χ1v) is 8.00. The summed E-state index contributed by atoms with van der Waals surface area (Å²) in [6, 6.07) is 0. The van der Waals surface area contributed by atoms with Crippen molar-refractivity contribution >= 4 is 16.3 Å². The fourth-order valence-corrected chi connectivity index (χ4v) is 3.68. The number of nitrogens with zero attached hydrogens (tertiary/aromatic N) is 8. The predicted octanol–water partition coefficient (Wildman–Crippen LogP) is 1.91. The van der Waals surface area contributed by atoms with E-state index in [1.165, 1.54) is 11.3 Å². The van der Waals surface area contributed by atoms with Crippen LogP contribution in [0.1, 0.15) is 17.1 Å². The van der Waals surface area contributed by atoms with E-state index in [4.69, 9.17) is 5.10 Å². The molecule has 0 atom stereocenters. The van der Waals surface area contributed by atoms with E-state index in [0.29, 0.717) is 5.82 Å². The van der Waals surface area contributed by atoms with Crippen LogP contribution in [0.5, 0.6) is 0 Å². The summed E-state index contributed by atoms with van der Waals surface area (Å²) in [7, 11) is 3.85. The third-order valence-electron chi connectivity index (χ3n) is 4.19. The number of hydrogen-bond acceptors (Lipinski definition) is 6. The molecule has 23 heavy (non-hydrogen) atoms. The molecule has 0 aromatic carbocycles. The van der Waals surface area contributed by atoms with E-state index in [1.807, 2.05) is 44.2 Å². The zero-order valence-corrected chi connectivity index (χ0v) is 14.4. The van der Waals surface area contributed by atoms with Crippen LogP contribution >= 0.6 is 11.3 Å². The lowest BCUT2D eigenvalue weighted by Crippen LogP contribution is -1.95.